The number of benzene rings is 1. The lowest BCUT2D eigenvalue weighted by molar-refractivity contribution is -0.0497. The summed E-state index contributed by atoms with van der Waals surface area (Å²) in [4.78, 5) is 1.29. The van der Waals surface area contributed by atoms with E-state index in [0.29, 0.717) is 0 Å². The van der Waals surface area contributed by atoms with Gasteiger partial charge in [0, 0.05) is 10.6 Å². The highest BCUT2D eigenvalue weighted by molar-refractivity contribution is 7.16. The molecule has 0 radical (unpaired) electrons. The quantitative estimate of drug-likeness (QED) is 0.757. The van der Waals surface area contributed by atoms with Crippen LogP contribution in [0.25, 0.3) is 0 Å². The molecule has 112 valence electrons. The molecule has 1 aromatic carbocycles. The van der Waals surface area contributed by atoms with Gasteiger partial charge < -0.3 is 10.1 Å². The number of hydrogen-bond donors (Lipinski definition) is 1. The second-order valence-electron chi connectivity index (χ2n) is 4.69. The van der Waals surface area contributed by atoms with Crippen molar-refractivity contribution in [3.63, 3.8) is 0 Å². The highest BCUT2D eigenvalue weighted by atomic mass is 35.5. The van der Waals surface area contributed by atoms with Gasteiger partial charge >= 0.3 is 6.61 Å². The maximum Gasteiger partial charge on any atom is 0.387 e. The Morgan fingerprint density at radius 2 is 2.10 bits per heavy atom. The number of ether oxygens (including phenoxy) is 1. The number of nitrogens with one attached hydrogen (secondary N) is 1. The Labute approximate surface area is 134 Å². The Morgan fingerprint density at radius 1 is 1.29 bits per heavy atom. The summed E-state index contributed by atoms with van der Waals surface area (Å²) < 4.78 is 29.5. The van der Waals surface area contributed by atoms with Crippen LogP contribution in [0.2, 0.25) is 9.36 Å². The van der Waals surface area contributed by atoms with Gasteiger partial charge in [0.2, 0.25) is 0 Å². The standard InChI is InChI=1S/C14H11Cl2F2NOS/c15-9-5-7(1-3-11(9)20-14(17)18)19-10-2-4-12-8(10)6-13(16)21-12/h1,3,5-6,10,14,19H,2,4H2. The molecule has 1 N–H and O–H groups in total. The van der Waals surface area contributed by atoms with Crippen LogP contribution >= 0.6 is 34.5 Å². The predicted octanol–water partition coefficient (Wildman–Crippen LogP) is 5.76. The van der Waals surface area contributed by atoms with E-state index in [0.717, 1.165) is 22.9 Å². The molecule has 1 aromatic heterocycles. The summed E-state index contributed by atoms with van der Waals surface area (Å²) in [5, 5.41) is 3.51. The second kappa shape index (κ2) is 5.99. The lowest BCUT2D eigenvalue weighted by atomic mass is 10.1. The maximum absolute atomic E-state index is 12.2. The van der Waals surface area contributed by atoms with Crippen LogP contribution in [0.5, 0.6) is 5.75 Å². The zero-order valence-electron chi connectivity index (χ0n) is 10.7. The van der Waals surface area contributed by atoms with Crippen molar-refractivity contribution in [1.29, 1.82) is 0 Å². The van der Waals surface area contributed by atoms with Crippen molar-refractivity contribution < 1.29 is 13.5 Å². The fourth-order valence-electron chi connectivity index (χ4n) is 2.46. The molecule has 21 heavy (non-hydrogen) atoms. The van der Waals surface area contributed by atoms with Gasteiger partial charge in [-0.3, -0.25) is 0 Å². The molecule has 1 atom stereocenters. The van der Waals surface area contributed by atoms with Crippen molar-refractivity contribution in [1.82, 2.24) is 0 Å². The van der Waals surface area contributed by atoms with E-state index in [1.165, 1.54) is 16.5 Å². The van der Waals surface area contributed by atoms with Crippen LogP contribution in [0.1, 0.15) is 22.9 Å². The van der Waals surface area contributed by atoms with Crippen LogP contribution in [0.15, 0.2) is 24.3 Å². The first-order chi connectivity index (χ1) is 10.0. The van der Waals surface area contributed by atoms with E-state index in [1.807, 2.05) is 6.07 Å². The first-order valence-electron chi connectivity index (χ1n) is 6.32. The second-order valence-corrected chi connectivity index (χ2v) is 6.86. The molecule has 7 heteroatoms. The minimum absolute atomic E-state index is 0.0251. The van der Waals surface area contributed by atoms with E-state index in [9.17, 15) is 8.78 Å². The van der Waals surface area contributed by atoms with Gasteiger partial charge in [-0.2, -0.15) is 8.78 Å². The molecule has 2 nitrogen and oxygen atoms in total. The summed E-state index contributed by atoms with van der Waals surface area (Å²) in [5.41, 5.74) is 1.97. The first kappa shape index (κ1) is 14.9. The molecule has 0 fully saturated rings. The average molecular weight is 350 g/mol. The Hall–Kier alpha value is -1.04. The number of aryl methyl sites for hydroxylation is 1. The summed E-state index contributed by atoms with van der Waals surface area (Å²) in [7, 11) is 0. The summed E-state index contributed by atoms with van der Waals surface area (Å²) in [6.07, 6.45) is 1.97. The van der Waals surface area contributed by atoms with Gasteiger partial charge in [-0.15, -0.1) is 11.3 Å². The highest BCUT2D eigenvalue weighted by Gasteiger charge is 2.25. The molecule has 1 aliphatic carbocycles. The van der Waals surface area contributed by atoms with Crippen molar-refractivity contribution in [3.05, 3.63) is 44.1 Å². The van der Waals surface area contributed by atoms with Crippen molar-refractivity contribution in [2.75, 3.05) is 5.32 Å². The third-order valence-electron chi connectivity index (χ3n) is 3.34. The predicted molar refractivity (Wildman–Crippen MR) is 82.1 cm³/mol. The van der Waals surface area contributed by atoms with Crippen molar-refractivity contribution in [3.8, 4) is 5.75 Å². The molecule has 1 aliphatic rings. The summed E-state index contributed by atoms with van der Waals surface area (Å²) in [6, 6.07) is 6.85. The fourth-order valence-corrected chi connectivity index (χ4v) is 4.05. The molecule has 0 amide bonds. The van der Waals surface area contributed by atoms with Crippen LogP contribution in [-0.4, -0.2) is 6.61 Å². The number of rotatable bonds is 4. The van der Waals surface area contributed by atoms with Gasteiger partial charge in [0.1, 0.15) is 5.75 Å². The molecule has 0 saturated heterocycles. The SMILES string of the molecule is FC(F)Oc1ccc(NC2CCc3sc(Cl)cc32)cc1Cl. The van der Waals surface area contributed by atoms with Crippen LogP contribution in [-0.2, 0) is 6.42 Å². The molecule has 3 rings (SSSR count). The topological polar surface area (TPSA) is 21.3 Å². The molecule has 0 saturated carbocycles. The lowest BCUT2D eigenvalue weighted by Gasteiger charge is -2.16. The normalized spacial score (nSPS) is 17.1. The van der Waals surface area contributed by atoms with Crippen molar-refractivity contribution in [2.45, 2.75) is 25.5 Å². The Morgan fingerprint density at radius 3 is 2.81 bits per heavy atom. The maximum atomic E-state index is 12.2. The van der Waals surface area contributed by atoms with E-state index in [4.69, 9.17) is 23.2 Å². The summed E-state index contributed by atoms with van der Waals surface area (Å²) in [6.45, 7) is -2.88. The van der Waals surface area contributed by atoms with Crippen LogP contribution in [0, 0.1) is 0 Å². The molecule has 1 heterocycles. The number of fused-ring (bicyclic) bond motifs is 1. The number of halogens is 4. The minimum Gasteiger partial charge on any atom is -0.433 e. The van der Waals surface area contributed by atoms with Crippen LogP contribution in [0.4, 0.5) is 14.5 Å². The molecule has 1 unspecified atom stereocenters. The number of thiophene rings is 1. The van der Waals surface area contributed by atoms with Gasteiger partial charge in [0.05, 0.1) is 15.4 Å². The Bertz CT molecular complexity index is 662. The number of anilines is 1. The van der Waals surface area contributed by atoms with Gasteiger partial charge in [-0.05, 0) is 42.7 Å². The number of alkyl halides is 2. The van der Waals surface area contributed by atoms with Crippen LogP contribution < -0.4 is 10.1 Å². The van der Waals surface area contributed by atoms with Gasteiger partial charge in [-0.1, -0.05) is 23.2 Å². The molecule has 0 spiro atoms. The third kappa shape index (κ3) is 3.25. The third-order valence-corrected chi connectivity index (χ3v) is 4.97. The first-order valence-corrected chi connectivity index (χ1v) is 7.89. The van der Waals surface area contributed by atoms with Crippen molar-refractivity contribution >= 4 is 40.2 Å². The van der Waals surface area contributed by atoms with E-state index >= 15 is 0 Å². The van der Waals surface area contributed by atoms with E-state index in [2.05, 4.69) is 10.1 Å². The highest BCUT2D eigenvalue weighted by Crippen LogP contribution is 2.41. The molecule has 2 aromatic rings. The van der Waals surface area contributed by atoms with E-state index < -0.39 is 6.61 Å². The van der Waals surface area contributed by atoms with Gasteiger partial charge in [0.15, 0.2) is 0 Å². The smallest absolute Gasteiger partial charge is 0.387 e. The molecule has 0 bridgehead atoms. The minimum atomic E-state index is -2.88. The number of hydrogen-bond acceptors (Lipinski definition) is 3. The Balaban J connectivity index is 1.75. The zero-order chi connectivity index (χ0) is 15.0. The molecular formula is C14H11Cl2F2NOS. The fraction of sp³-hybridized carbons (Fsp3) is 0.286. The summed E-state index contributed by atoms with van der Waals surface area (Å²) in [5.74, 6) is -0.0251. The monoisotopic (exact) mass is 349 g/mol. The lowest BCUT2D eigenvalue weighted by Crippen LogP contribution is -2.07. The summed E-state index contributed by atoms with van der Waals surface area (Å²) >= 11 is 13.6. The molecule has 0 aliphatic heterocycles. The largest absolute Gasteiger partial charge is 0.433 e. The van der Waals surface area contributed by atoms with Gasteiger partial charge in [0.25, 0.3) is 0 Å². The van der Waals surface area contributed by atoms with Crippen LogP contribution in [0.3, 0.4) is 0 Å². The average Bonchev–Trinajstić information content (AvgIpc) is 2.93. The zero-order valence-corrected chi connectivity index (χ0v) is 13.0. The Kier molecular flexibility index (Phi) is 4.24. The van der Waals surface area contributed by atoms with Crippen molar-refractivity contribution in [2.24, 2.45) is 0 Å². The van der Waals surface area contributed by atoms with E-state index in [1.54, 1.807) is 23.5 Å². The van der Waals surface area contributed by atoms with E-state index in [-0.39, 0.29) is 16.8 Å². The molecular weight excluding hydrogens is 339 g/mol. The van der Waals surface area contributed by atoms with Gasteiger partial charge in [-0.25, -0.2) is 0 Å².